The molecular formula is C12H23NO2. The van der Waals surface area contributed by atoms with E-state index in [1.807, 2.05) is 0 Å². The number of allylic oxidation sites excluding steroid dienone is 1. The van der Waals surface area contributed by atoms with Crippen LogP contribution in [0.25, 0.3) is 0 Å². The molecule has 0 fully saturated rings. The first kappa shape index (κ1) is 14.0. The van der Waals surface area contributed by atoms with Crippen LogP contribution in [0, 0.1) is 0 Å². The third-order valence-corrected chi connectivity index (χ3v) is 2.09. The summed E-state index contributed by atoms with van der Waals surface area (Å²) in [6, 6.07) is 0. The van der Waals surface area contributed by atoms with Gasteiger partial charge in [-0.05, 0) is 13.3 Å². The molecule has 0 aromatic rings. The van der Waals surface area contributed by atoms with Gasteiger partial charge in [0.05, 0.1) is 6.61 Å². The SMILES string of the molecule is CCCCCCCCOC(=O)/C=C(/C)N. The van der Waals surface area contributed by atoms with Gasteiger partial charge in [0, 0.05) is 11.8 Å². The van der Waals surface area contributed by atoms with Crippen molar-refractivity contribution in [3.63, 3.8) is 0 Å². The van der Waals surface area contributed by atoms with E-state index in [2.05, 4.69) is 6.92 Å². The lowest BCUT2D eigenvalue weighted by atomic mass is 10.1. The molecule has 0 saturated heterocycles. The van der Waals surface area contributed by atoms with Gasteiger partial charge in [0.15, 0.2) is 0 Å². The molecule has 2 N–H and O–H groups in total. The molecule has 0 amide bonds. The first-order valence-electron chi connectivity index (χ1n) is 5.77. The van der Waals surface area contributed by atoms with Gasteiger partial charge in [-0.1, -0.05) is 39.0 Å². The van der Waals surface area contributed by atoms with E-state index in [9.17, 15) is 4.79 Å². The molecule has 0 aromatic heterocycles. The van der Waals surface area contributed by atoms with Crippen LogP contribution < -0.4 is 5.73 Å². The standard InChI is InChI=1S/C12H23NO2/c1-3-4-5-6-7-8-9-15-12(14)10-11(2)13/h10H,3-9,13H2,1-2H3/b11-10-. The van der Waals surface area contributed by atoms with Crippen LogP contribution in [0.4, 0.5) is 0 Å². The van der Waals surface area contributed by atoms with Crippen LogP contribution in [0.2, 0.25) is 0 Å². The lowest BCUT2D eigenvalue weighted by Crippen LogP contribution is -2.05. The number of hydrogen-bond donors (Lipinski definition) is 1. The summed E-state index contributed by atoms with van der Waals surface area (Å²) >= 11 is 0. The fraction of sp³-hybridized carbons (Fsp3) is 0.750. The topological polar surface area (TPSA) is 52.3 Å². The molecule has 0 radical (unpaired) electrons. The van der Waals surface area contributed by atoms with Crippen molar-refractivity contribution in [2.75, 3.05) is 6.61 Å². The van der Waals surface area contributed by atoms with Gasteiger partial charge < -0.3 is 10.5 Å². The highest BCUT2D eigenvalue weighted by atomic mass is 16.5. The van der Waals surface area contributed by atoms with Gasteiger partial charge in [0.2, 0.25) is 0 Å². The second-order valence-electron chi connectivity index (χ2n) is 3.82. The lowest BCUT2D eigenvalue weighted by Gasteiger charge is -2.02. The molecule has 0 unspecified atom stereocenters. The number of rotatable bonds is 8. The van der Waals surface area contributed by atoms with Gasteiger partial charge in [0.1, 0.15) is 0 Å². The lowest BCUT2D eigenvalue weighted by molar-refractivity contribution is -0.137. The maximum absolute atomic E-state index is 11.0. The highest BCUT2D eigenvalue weighted by molar-refractivity contribution is 5.82. The molecule has 88 valence electrons. The van der Waals surface area contributed by atoms with Gasteiger partial charge in [0.25, 0.3) is 0 Å². The Kier molecular flexibility index (Phi) is 8.93. The summed E-state index contributed by atoms with van der Waals surface area (Å²) < 4.78 is 4.96. The molecule has 0 bridgehead atoms. The first-order valence-corrected chi connectivity index (χ1v) is 5.77. The minimum absolute atomic E-state index is 0.330. The third-order valence-electron chi connectivity index (χ3n) is 2.09. The van der Waals surface area contributed by atoms with Crippen LogP contribution in [0.5, 0.6) is 0 Å². The van der Waals surface area contributed by atoms with Gasteiger partial charge in [-0.3, -0.25) is 0 Å². The zero-order valence-electron chi connectivity index (χ0n) is 9.92. The molecule has 0 saturated carbocycles. The van der Waals surface area contributed by atoms with Crippen LogP contribution in [-0.2, 0) is 9.53 Å². The summed E-state index contributed by atoms with van der Waals surface area (Å²) in [6.07, 6.45) is 8.48. The van der Waals surface area contributed by atoms with Crippen molar-refractivity contribution in [2.24, 2.45) is 5.73 Å². The largest absolute Gasteiger partial charge is 0.462 e. The number of nitrogens with two attached hydrogens (primary N) is 1. The van der Waals surface area contributed by atoms with E-state index in [4.69, 9.17) is 10.5 Å². The second-order valence-corrected chi connectivity index (χ2v) is 3.82. The fourth-order valence-electron chi connectivity index (χ4n) is 1.28. The molecule has 15 heavy (non-hydrogen) atoms. The average molecular weight is 213 g/mol. The van der Waals surface area contributed by atoms with E-state index in [0.29, 0.717) is 12.3 Å². The number of hydrogen-bond acceptors (Lipinski definition) is 3. The number of ether oxygens (including phenoxy) is 1. The van der Waals surface area contributed by atoms with Crippen molar-refractivity contribution in [3.05, 3.63) is 11.8 Å². The summed E-state index contributed by atoms with van der Waals surface area (Å²) in [5.41, 5.74) is 5.83. The van der Waals surface area contributed by atoms with E-state index in [-0.39, 0.29) is 5.97 Å². The minimum Gasteiger partial charge on any atom is -0.462 e. The molecular weight excluding hydrogens is 190 g/mol. The number of carbonyl (C=O) groups is 1. The predicted molar refractivity (Wildman–Crippen MR) is 62.3 cm³/mol. The van der Waals surface area contributed by atoms with Crippen molar-refractivity contribution >= 4 is 5.97 Å². The van der Waals surface area contributed by atoms with E-state index in [1.54, 1.807) is 6.92 Å². The monoisotopic (exact) mass is 213 g/mol. The third kappa shape index (κ3) is 10.9. The van der Waals surface area contributed by atoms with Crippen LogP contribution in [-0.4, -0.2) is 12.6 Å². The Bertz CT molecular complexity index is 196. The van der Waals surface area contributed by atoms with Crippen LogP contribution >= 0.6 is 0 Å². The summed E-state index contributed by atoms with van der Waals surface area (Å²) in [6.45, 7) is 4.38. The summed E-state index contributed by atoms with van der Waals surface area (Å²) in [7, 11) is 0. The predicted octanol–water partition coefficient (Wildman–Crippen LogP) is 2.75. The smallest absolute Gasteiger partial charge is 0.332 e. The Morgan fingerprint density at radius 2 is 1.80 bits per heavy atom. The summed E-state index contributed by atoms with van der Waals surface area (Å²) in [5.74, 6) is -0.330. The Balaban J connectivity index is 3.24. The van der Waals surface area contributed by atoms with Crippen LogP contribution in [0.15, 0.2) is 11.8 Å². The van der Waals surface area contributed by atoms with Crippen LogP contribution in [0.1, 0.15) is 52.4 Å². The number of esters is 1. The molecule has 0 aromatic carbocycles. The number of unbranched alkanes of at least 4 members (excludes halogenated alkanes) is 5. The maximum Gasteiger partial charge on any atom is 0.332 e. The first-order chi connectivity index (χ1) is 7.16. The molecule has 0 aliphatic heterocycles. The second kappa shape index (κ2) is 9.56. The van der Waals surface area contributed by atoms with Gasteiger partial charge >= 0.3 is 5.97 Å². The zero-order chi connectivity index (χ0) is 11.5. The van der Waals surface area contributed by atoms with Gasteiger partial charge in [-0.25, -0.2) is 4.79 Å². The Labute approximate surface area is 92.7 Å². The summed E-state index contributed by atoms with van der Waals surface area (Å²) in [4.78, 5) is 11.0. The minimum atomic E-state index is -0.330. The van der Waals surface area contributed by atoms with E-state index < -0.39 is 0 Å². The molecule has 0 rings (SSSR count). The Morgan fingerprint density at radius 1 is 1.20 bits per heavy atom. The molecule has 0 spiro atoms. The summed E-state index contributed by atoms with van der Waals surface area (Å²) in [5, 5.41) is 0. The van der Waals surface area contributed by atoms with Gasteiger partial charge in [-0.2, -0.15) is 0 Å². The van der Waals surface area contributed by atoms with E-state index in [0.717, 1.165) is 12.8 Å². The highest BCUT2D eigenvalue weighted by Gasteiger charge is 1.97. The van der Waals surface area contributed by atoms with Crippen molar-refractivity contribution in [1.82, 2.24) is 0 Å². The zero-order valence-corrected chi connectivity index (χ0v) is 9.92. The van der Waals surface area contributed by atoms with Crippen molar-refractivity contribution in [2.45, 2.75) is 52.4 Å². The molecule has 0 aliphatic rings. The fourth-order valence-corrected chi connectivity index (χ4v) is 1.28. The number of carbonyl (C=O) groups excluding carboxylic acids is 1. The highest BCUT2D eigenvalue weighted by Crippen LogP contribution is 2.04. The van der Waals surface area contributed by atoms with Crippen LogP contribution in [0.3, 0.4) is 0 Å². The molecule has 0 atom stereocenters. The maximum atomic E-state index is 11.0. The Hall–Kier alpha value is -0.990. The van der Waals surface area contributed by atoms with Crippen molar-refractivity contribution < 1.29 is 9.53 Å². The van der Waals surface area contributed by atoms with Crippen molar-refractivity contribution in [1.29, 1.82) is 0 Å². The van der Waals surface area contributed by atoms with E-state index in [1.165, 1.54) is 31.8 Å². The van der Waals surface area contributed by atoms with Gasteiger partial charge in [-0.15, -0.1) is 0 Å². The normalized spacial score (nSPS) is 11.5. The molecule has 3 nitrogen and oxygen atoms in total. The Morgan fingerprint density at radius 3 is 2.40 bits per heavy atom. The quantitative estimate of drug-likeness (QED) is 0.383. The average Bonchev–Trinajstić information content (AvgIpc) is 2.15. The van der Waals surface area contributed by atoms with E-state index >= 15 is 0 Å². The molecule has 0 aliphatic carbocycles. The molecule has 0 heterocycles. The molecule has 3 heteroatoms. The van der Waals surface area contributed by atoms with Crippen molar-refractivity contribution in [3.8, 4) is 0 Å².